The summed E-state index contributed by atoms with van der Waals surface area (Å²) in [5.41, 5.74) is 4.47. The van der Waals surface area contributed by atoms with Crippen molar-refractivity contribution in [3.63, 3.8) is 0 Å². The van der Waals surface area contributed by atoms with Gasteiger partial charge in [-0.3, -0.25) is 14.4 Å². The Morgan fingerprint density at radius 3 is 2.62 bits per heavy atom. The van der Waals surface area contributed by atoms with Crippen LogP contribution in [0.25, 0.3) is 0 Å². The molecule has 3 heterocycles. The van der Waals surface area contributed by atoms with Crippen molar-refractivity contribution in [3.05, 3.63) is 28.0 Å². The third kappa shape index (κ3) is 6.37. The van der Waals surface area contributed by atoms with E-state index >= 15 is 0 Å². The Kier molecular flexibility index (Phi) is 7.84. The minimum atomic E-state index is 0.0242. The zero-order chi connectivity index (χ0) is 20.8. The van der Waals surface area contributed by atoms with Crippen LogP contribution in [0.1, 0.15) is 68.6 Å². The summed E-state index contributed by atoms with van der Waals surface area (Å²) in [5.74, 6) is 0.577. The third-order valence-corrected chi connectivity index (χ3v) is 6.36. The lowest BCUT2D eigenvalue weighted by atomic mass is 10.1. The number of anilines is 1. The Morgan fingerprint density at radius 1 is 1.21 bits per heavy atom. The molecule has 2 aromatic heterocycles. The predicted molar refractivity (Wildman–Crippen MR) is 119 cm³/mol. The lowest BCUT2D eigenvalue weighted by molar-refractivity contribution is -0.116. The van der Waals surface area contributed by atoms with Crippen LogP contribution >= 0.6 is 11.3 Å². The molecule has 0 unspecified atom stereocenters. The van der Waals surface area contributed by atoms with Gasteiger partial charge in [-0.25, -0.2) is 4.98 Å². The number of nitrogens with zero attached hydrogens (tertiary/aromatic N) is 4. The number of amides is 1. The van der Waals surface area contributed by atoms with Crippen LogP contribution in [-0.2, 0) is 24.3 Å². The van der Waals surface area contributed by atoms with Crippen molar-refractivity contribution in [1.82, 2.24) is 19.7 Å². The summed E-state index contributed by atoms with van der Waals surface area (Å²) in [6.07, 6.45) is 6.40. The molecule has 2 aromatic rings. The Bertz CT molecular complexity index is 802. The smallest absolute Gasteiger partial charge is 0.226 e. The fraction of sp³-hybridized carbons (Fsp3) is 0.682. The standard InChI is InChI=1S/C22H35N5OS/c1-16(2)13-27-18(4)20(17(3)25-27)9-10-21(28)24-22-23-19(15-29-22)14-26-11-7-5-6-8-12-26/h15-16H,5-14H2,1-4H3,(H,23,24,28). The number of aromatic nitrogens is 3. The normalized spacial score (nSPS) is 15.6. The summed E-state index contributed by atoms with van der Waals surface area (Å²) >= 11 is 1.52. The fourth-order valence-corrected chi connectivity index (χ4v) is 4.72. The highest BCUT2D eigenvalue weighted by Gasteiger charge is 2.15. The second-order valence-corrected chi connectivity index (χ2v) is 9.47. The molecule has 1 aliphatic rings. The number of hydrogen-bond donors (Lipinski definition) is 1. The first-order valence-corrected chi connectivity index (χ1v) is 11.8. The molecule has 3 rings (SSSR count). The molecular formula is C22H35N5OS. The van der Waals surface area contributed by atoms with Crippen molar-refractivity contribution in [3.8, 4) is 0 Å². The molecule has 0 saturated carbocycles. The van der Waals surface area contributed by atoms with Gasteiger partial charge in [-0.1, -0.05) is 26.7 Å². The van der Waals surface area contributed by atoms with E-state index < -0.39 is 0 Å². The second-order valence-electron chi connectivity index (χ2n) is 8.61. The molecule has 29 heavy (non-hydrogen) atoms. The maximum Gasteiger partial charge on any atom is 0.226 e. The molecular weight excluding hydrogens is 382 g/mol. The molecule has 0 radical (unpaired) electrons. The van der Waals surface area contributed by atoms with Gasteiger partial charge in [0, 0.05) is 30.6 Å². The monoisotopic (exact) mass is 417 g/mol. The van der Waals surface area contributed by atoms with E-state index in [1.165, 1.54) is 48.3 Å². The molecule has 1 aliphatic heterocycles. The van der Waals surface area contributed by atoms with E-state index in [1.807, 2.05) is 6.92 Å². The van der Waals surface area contributed by atoms with Crippen LogP contribution in [0.2, 0.25) is 0 Å². The van der Waals surface area contributed by atoms with Crippen LogP contribution in [0.4, 0.5) is 5.13 Å². The van der Waals surface area contributed by atoms with E-state index in [0.29, 0.717) is 23.9 Å². The van der Waals surface area contributed by atoms with Crippen LogP contribution in [0.15, 0.2) is 5.38 Å². The minimum Gasteiger partial charge on any atom is -0.302 e. The Hall–Kier alpha value is -1.73. The van der Waals surface area contributed by atoms with E-state index in [4.69, 9.17) is 0 Å². The molecule has 0 spiro atoms. The highest BCUT2D eigenvalue weighted by Crippen LogP contribution is 2.20. The van der Waals surface area contributed by atoms with E-state index in [1.54, 1.807) is 0 Å². The largest absolute Gasteiger partial charge is 0.302 e. The quantitative estimate of drug-likeness (QED) is 0.684. The average Bonchev–Trinajstić information content (AvgIpc) is 3.07. The van der Waals surface area contributed by atoms with E-state index in [9.17, 15) is 4.79 Å². The number of carbonyl (C=O) groups is 1. The summed E-state index contributed by atoms with van der Waals surface area (Å²) in [7, 11) is 0. The number of hydrogen-bond acceptors (Lipinski definition) is 5. The third-order valence-electron chi connectivity index (χ3n) is 5.55. The van der Waals surface area contributed by atoms with Crippen molar-refractivity contribution in [2.24, 2.45) is 5.92 Å². The second kappa shape index (κ2) is 10.3. The Labute approximate surface area is 178 Å². The van der Waals surface area contributed by atoms with Gasteiger partial charge in [0.25, 0.3) is 0 Å². The lowest BCUT2D eigenvalue weighted by Crippen LogP contribution is -2.24. The van der Waals surface area contributed by atoms with Gasteiger partial charge in [-0.2, -0.15) is 5.10 Å². The van der Waals surface area contributed by atoms with Gasteiger partial charge in [-0.15, -0.1) is 11.3 Å². The van der Waals surface area contributed by atoms with Crippen LogP contribution in [0.3, 0.4) is 0 Å². The van der Waals surface area contributed by atoms with Gasteiger partial charge in [0.15, 0.2) is 5.13 Å². The number of rotatable bonds is 8. The van der Waals surface area contributed by atoms with E-state index in [-0.39, 0.29) is 5.91 Å². The van der Waals surface area contributed by atoms with E-state index in [0.717, 1.165) is 37.6 Å². The van der Waals surface area contributed by atoms with Crippen LogP contribution in [-0.4, -0.2) is 38.7 Å². The SMILES string of the molecule is Cc1nn(CC(C)C)c(C)c1CCC(=O)Nc1nc(CN2CCCCCC2)cs1. The number of likely N-dealkylation sites (tertiary alicyclic amines) is 1. The maximum absolute atomic E-state index is 12.5. The molecule has 1 saturated heterocycles. The summed E-state index contributed by atoms with van der Waals surface area (Å²) in [4.78, 5) is 19.6. The highest BCUT2D eigenvalue weighted by atomic mass is 32.1. The topological polar surface area (TPSA) is 63.1 Å². The zero-order valence-corrected chi connectivity index (χ0v) is 19.1. The Morgan fingerprint density at radius 2 is 1.93 bits per heavy atom. The van der Waals surface area contributed by atoms with Crippen LogP contribution in [0.5, 0.6) is 0 Å². The summed E-state index contributed by atoms with van der Waals surface area (Å²) in [5, 5.41) is 10.4. The number of thiazole rings is 1. The van der Waals surface area contributed by atoms with Gasteiger partial charge < -0.3 is 5.32 Å². The molecule has 1 N–H and O–H groups in total. The first-order chi connectivity index (χ1) is 13.9. The zero-order valence-electron chi connectivity index (χ0n) is 18.3. The van der Waals surface area contributed by atoms with Crippen molar-refractivity contribution in [2.45, 2.75) is 79.3 Å². The minimum absolute atomic E-state index is 0.0242. The molecule has 6 nitrogen and oxygen atoms in total. The molecule has 160 valence electrons. The van der Waals surface area contributed by atoms with Gasteiger partial charge in [-0.05, 0) is 57.7 Å². The molecule has 0 aliphatic carbocycles. The van der Waals surface area contributed by atoms with Crippen LogP contribution < -0.4 is 5.32 Å². The number of nitrogens with one attached hydrogen (secondary N) is 1. The molecule has 7 heteroatoms. The van der Waals surface area contributed by atoms with Gasteiger partial charge >= 0.3 is 0 Å². The summed E-state index contributed by atoms with van der Waals surface area (Å²) < 4.78 is 2.07. The highest BCUT2D eigenvalue weighted by molar-refractivity contribution is 7.13. The first kappa shape index (κ1) is 22.0. The number of carbonyl (C=O) groups excluding carboxylic acids is 1. The molecule has 0 bridgehead atoms. The lowest BCUT2D eigenvalue weighted by Gasteiger charge is -2.17. The average molecular weight is 418 g/mol. The van der Waals surface area contributed by atoms with Gasteiger partial charge in [0.1, 0.15) is 0 Å². The van der Waals surface area contributed by atoms with Gasteiger partial charge in [0.05, 0.1) is 11.4 Å². The maximum atomic E-state index is 12.5. The molecule has 1 fully saturated rings. The van der Waals surface area contributed by atoms with Crippen molar-refractivity contribution >= 4 is 22.4 Å². The molecule has 0 atom stereocenters. The predicted octanol–water partition coefficient (Wildman–Crippen LogP) is 4.56. The Balaban J connectivity index is 1.50. The summed E-state index contributed by atoms with van der Waals surface area (Å²) in [6, 6.07) is 0. The van der Waals surface area contributed by atoms with Crippen molar-refractivity contribution < 1.29 is 4.79 Å². The molecule has 1 amide bonds. The van der Waals surface area contributed by atoms with E-state index in [2.05, 4.69) is 51.1 Å². The fourth-order valence-electron chi connectivity index (χ4n) is 4.00. The number of aryl methyl sites for hydroxylation is 1. The summed E-state index contributed by atoms with van der Waals surface area (Å²) in [6.45, 7) is 12.6. The van der Waals surface area contributed by atoms with Crippen molar-refractivity contribution in [1.29, 1.82) is 0 Å². The van der Waals surface area contributed by atoms with Crippen molar-refractivity contribution in [2.75, 3.05) is 18.4 Å². The van der Waals surface area contributed by atoms with Crippen LogP contribution in [0, 0.1) is 19.8 Å². The van der Waals surface area contributed by atoms with Gasteiger partial charge in [0.2, 0.25) is 5.91 Å². The molecule has 0 aromatic carbocycles. The first-order valence-electron chi connectivity index (χ1n) is 10.9.